The Morgan fingerprint density at radius 2 is 2.11 bits per heavy atom. The topological polar surface area (TPSA) is 38.9 Å². The quantitative estimate of drug-likeness (QED) is 0.802. The fraction of sp³-hybridized carbons (Fsp3) is 0.267. The van der Waals surface area contributed by atoms with E-state index >= 15 is 0 Å². The van der Waals surface area contributed by atoms with E-state index in [0.717, 1.165) is 32.7 Å². The van der Waals surface area contributed by atoms with Gasteiger partial charge in [-0.1, -0.05) is 24.6 Å². The molecule has 1 unspecified atom stereocenters. The first kappa shape index (κ1) is 14.8. The van der Waals surface area contributed by atoms with Gasteiger partial charge in [-0.2, -0.15) is 0 Å². The van der Waals surface area contributed by atoms with Crippen LogP contribution in [0.25, 0.3) is 0 Å². The highest BCUT2D eigenvalue weighted by Gasteiger charge is 2.12. The van der Waals surface area contributed by atoms with Crippen LogP contribution in [0, 0.1) is 3.57 Å². The lowest BCUT2D eigenvalue weighted by atomic mass is 10.0. The van der Waals surface area contributed by atoms with E-state index in [9.17, 15) is 0 Å². The predicted molar refractivity (Wildman–Crippen MR) is 88.4 cm³/mol. The Hall–Kier alpha value is -0.650. The van der Waals surface area contributed by atoms with Crippen LogP contribution in [0.2, 0.25) is 5.02 Å². The van der Waals surface area contributed by atoms with Crippen LogP contribution >= 0.6 is 34.2 Å². The molecule has 0 amide bonds. The lowest BCUT2D eigenvalue weighted by Crippen LogP contribution is -2.15. The summed E-state index contributed by atoms with van der Waals surface area (Å²) in [5, 5.41) is 0.722. The van der Waals surface area contributed by atoms with Crippen LogP contribution in [0.15, 0.2) is 36.5 Å². The van der Waals surface area contributed by atoms with E-state index < -0.39 is 0 Å². The molecule has 0 bridgehead atoms. The molecule has 2 nitrogen and oxygen atoms in total. The average Bonchev–Trinajstić information content (AvgIpc) is 2.42. The fourth-order valence-electron chi connectivity index (χ4n) is 1.92. The third kappa shape index (κ3) is 3.91. The summed E-state index contributed by atoms with van der Waals surface area (Å²) < 4.78 is 1.14. The SMILES string of the molecule is CCc1ccc(CC(N)c2cc(Cl)ccc2I)nc1. The molecule has 0 aliphatic rings. The van der Waals surface area contributed by atoms with Crippen molar-refractivity contribution in [3.63, 3.8) is 0 Å². The van der Waals surface area contributed by atoms with E-state index in [1.165, 1.54) is 5.56 Å². The lowest BCUT2D eigenvalue weighted by Gasteiger charge is -2.14. The van der Waals surface area contributed by atoms with Crippen LogP contribution in [0.1, 0.15) is 29.8 Å². The number of rotatable bonds is 4. The minimum atomic E-state index is -0.0782. The van der Waals surface area contributed by atoms with Crippen LogP contribution in [0.3, 0.4) is 0 Å². The highest BCUT2D eigenvalue weighted by atomic mass is 127. The number of halogens is 2. The van der Waals surface area contributed by atoms with E-state index in [1.807, 2.05) is 24.4 Å². The molecule has 0 saturated carbocycles. The molecule has 1 atom stereocenters. The van der Waals surface area contributed by atoms with Gasteiger partial charge in [0.05, 0.1) is 0 Å². The maximum atomic E-state index is 6.26. The van der Waals surface area contributed by atoms with Crippen LogP contribution in [-0.2, 0) is 12.8 Å². The van der Waals surface area contributed by atoms with E-state index in [1.54, 1.807) is 0 Å². The maximum absolute atomic E-state index is 6.26. The van der Waals surface area contributed by atoms with Gasteiger partial charge in [0.2, 0.25) is 0 Å². The third-order valence-corrected chi connectivity index (χ3v) is 4.30. The molecular formula is C15H16ClIN2. The molecule has 1 aromatic carbocycles. The van der Waals surface area contributed by atoms with Crippen LogP contribution in [-0.4, -0.2) is 4.98 Å². The molecule has 0 saturated heterocycles. The van der Waals surface area contributed by atoms with Crippen molar-refractivity contribution in [2.45, 2.75) is 25.8 Å². The Balaban J connectivity index is 2.15. The van der Waals surface area contributed by atoms with Crippen LogP contribution in [0.4, 0.5) is 0 Å². The van der Waals surface area contributed by atoms with Gasteiger partial charge >= 0.3 is 0 Å². The highest BCUT2D eigenvalue weighted by Crippen LogP contribution is 2.24. The summed E-state index contributed by atoms with van der Waals surface area (Å²) in [5.41, 5.74) is 9.60. The second-order valence-electron chi connectivity index (χ2n) is 4.49. The summed E-state index contributed by atoms with van der Waals surface area (Å²) in [7, 11) is 0. The monoisotopic (exact) mass is 386 g/mol. The summed E-state index contributed by atoms with van der Waals surface area (Å²) in [4.78, 5) is 4.45. The summed E-state index contributed by atoms with van der Waals surface area (Å²) in [6.45, 7) is 2.12. The van der Waals surface area contributed by atoms with Gasteiger partial charge in [0, 0.05) is 32.9 Å². The van der Waals surface area contributed by atoms with E-state index in [4.69, 9.17) is 17.3 Å². The van der Waals surface area contributed by atoms with E-state index in [2.05, 4.69) is 46.6 Å². The van der Waals surface area contributed by atoms with Crippen molar-refractivity contribution in [2.24, 2.45) is 5.73 Å². The van der Waals surface area contributed by atoms with E-state index in [0.29, 0.717) is 0 Å². The molecule has 0 fully saturated rings. The first-order chi connectivity index (χ1) is 9.10. The molecule has 2 rings (SSSR count). The second kappa shape index (κ2) is 6.68. The molecular weight excluding hydrogens is 371 g/mol. The minimum absolute atomic E-state index is 0.0782. The normalized spacial score (nSPS) is 12.4. The fourth-order valence-corrected chi connectivity index (χ4v) is 2.84. The molecule has 0 spiro atoms. The number of nitrogens with two attached hydrogens (primary N) is 1. The number of hydrogen-bond donors (Lipinski definition) is 1. The third-order valence-electron chi connectivity index (χ3n) is 3.08. The van der Waals surface area contributed by atoms with Gasteiger partial charge in [-0.05, 0) is 64.4 Å². The minimum Gasteiger partial charge on any atom is -0.324 e. The van der Waals surface area contributed by atoms with Gasteiger partial charge in [0.15, 0.2) is 0 Å². The van der Waals surface area contributed by atoms with Crippen molar-refractivity contribution < 1.29 is 0 Å². The number of aromatic nitrogens is 1. The van der Waals surface area contributed by atoms with Crippen molar-refractivity contribution in [3.8, 4) is 0 Å². The molecule has 0 radical (unpaired) electrons. The molecule has 2 aromatic rings. The number of hydrogen-bond acceptors (Lipinski definition) is 2. The Labute approximate surface area is 132 Å². The van der Waals surface area contributed by atoms with Crippen molar-refractivity contribution >= 4 is 34.2 Å². The molecule has 4 heteroatoms. The Bertz CT molecular complexity index is 555. The van der Waals surface area contributed by atoms with Gasteiger partial charge in [-0.3, -0.25) is 4.98 Å². The molecule has 0 aliphatic carbocycles. The van der Waals surface area contributed by atoms with Crippen molar-refractivity contribution in [3.05, 3.63) is 61.9 Å². The van der Waals surface area contributed by atoms with Crippen molar-refractivity contribution in [2.75, 3.05) is 0 Å². The van der Waals surface area contributed by atoms with Crippen LogP contribution in [0.5, 0.6) is 0 Å². The van der Waals surface area contributed by atoms with Gasteiger partial charge in [-0.25, -0.2) is 0 Å². The average molecular weight is 387 g/mol. The first-order valence-corrected chi connectivity index (χ1v) is 7.70. The summed E-state index contributed by atoms with van der Waals surface area (Å²) in [5.74, 6) is 0. The lowest BCUT2D eigenvalue weighted by molar-refractivity contribution is 0.702. The Morgan fingerprint density at radius 3 is 2.74 bits per heavy atom. The van der Waals surface area contributed by atoms with Gasteiger partial charge < -0.3 is 5.73 Å². The van der Waals surface area contributed by atoms with Gasteiger partial charge in [-0.15, -0.1) is 0 Å². The molecule has 2 N–H and O–H groups in total. The number of aryl methyl sites for hydroxylation is 1. The van der Waals surface area contributed by atoms with Gasteiger partial charge in [0.25, 0.3) is 0 Å². The molecule has 1 aromatic heterocycles. The Kier molecular flexibility index (Phi) is 5.19. The zero-order chi connectivity index (χ0) is 13.8. The summed E-state index contributed by atoms with van der Waals surface area (Å²) in [6, 6.07) is 9.90. The maximum Gasteiger partial charge on any atom is 0.0422 e. The molecule has 100 valence electrons. The number of benzene rings is 1. The number of pyridine rings is 1. The summed E-state index contributed by atoms with van der Waals surface area (Å²) in [6.07, 6.45) is 3.65. The van der Waals surface area contributed by atoms with Crippen molar-refractivity contribution in [1.82, 2.24) is 4.98 Å². The smallest absolute Gasteiger partial charge is 0.0422 e. The zero-order valence-corrected chi connectivity index (χ0v) is 13.6. The largest absolute Gasteiger partial charge is 0.324 e. The standard InChI is InChI=1S/C15H16ClIN2/c1-2-10-3-5-12(19-9-10)8-15(18)13-7-11(16)4-6-14(13)17/h3-7,9,15H,2,8,18H2,1H3. The zero-order valence-electron chi connectivity index (χ0n) is 10.7. The van der Waals surface area contributed by atoms with Gasteiger partial charge in [0.1, 0.15) is 0 Å². The van der Waals surface area contributed by atoms with Crippen molar-refractivity contribution in [1.29, 1.82) is 0 Å². The van der Waals surface area contributed by atoms with E-state index in [-0.39, 0.29) is 6.04 Å². The second-order valence-corrected chi connectivity index (χ2v) is 6.09. The molecule has 19 heavy (non-hydrogen) atoms. The Morgan fingerprint density at radius 1 is 1.32 bits per heavy atom. The number of nitrogens with zero attached hydrogens (tertiary/aromatic N) is 1. The van der Waals surface area contributed by atoms with Crippen LogP contribution < -0.4 is 5.73 Å². The molecule has 1 heterocycles. The summed E-state index contributed by atoms with van der Waals surface area (Å²) >= 11 is 8.32. The highest BCUT2D eigenvalue weighted by molar-refractivity contribution is 14.1. The first-order valence-electron chi connectivity index (χ1n) is 6.24. The molecule has 0 aliphatic heterocycles. The predicted octanol–water partition coefficient (Wildman–Crippen LogP) is 4.14.